The highest BCUT2D eigenvalue weighted by Crippen LogP contribution is 2.23. The van der Waals surface area contributed by atoms with Crippen molar-refractivity contribution in [2.75, 3.05) is 13.1 Å². The number of halogens is 1. The third kappa shape index (κ3) is 4.30. The van der Waals surface area contributed by atoms with E-state index in [1.165, 1.54) is 0 Å². The number of carboxylic acids is 1. The van der Waals surface area contributed by atoms with E-state index in [1.807, 2.05) is 24.3 Å². The summed E-state index contributed by atoms with van der Waals surface area (Å²) in [7, 11) is 0. The summed E-state index contributed by atoms with van der Waals surface area (Å²) >= 11 is 5.93. The molecule has 0 unspecified atom stereocenters. The second-order valence-electron chi connectivity index (χ2n) is 6.05. The molecule has 0 spiro atoms. The van der Waals surface area contributed by atoms with Gasteiger partial charge in [0.15, 0.2) is 0 Å². The van der Waals surface area contributed by atoms with Gasteiger partial charge in [0.05, 0.1) is 11.3 Å². The molecule has 1 atom stereocenters. The molecule has 1 aromatic carbocycles. The Labute approximate surface area is 140 Å². The maximum atomic E-state index is 11.0. The quantitative estimate of drug-likeness (QED) is 0.852. The van der Waals surface area contributed by atoms with E-state index in [0.717, 1.165) is 43.7 Å². The van der Waals surface area contributed by atoms with E-state index in [4.69, 9.17) is 16.7 Å². The van der Waals surface area contributed by atoms with Gasteiger partial charge in [0.25, 0.3) is 0 Å². The van der Waals surface area contributed by atoms with E-state index in [0.29, 0.717) is 16.6 Å². The van der Waals surface area contributed by atoms with Gasteiger partial charge in [0.1, 0.15) is 5.15 Å². The Kier molecular flexibility index (Phi) is 4.94. The predicted molar refractivity (Wildman–Crippen MR) is 89.7 cm³/mol. The second kappa shape index (κ2) is 7.11. The molecule has 1 fully saturated rings. The summed E-state index contributed by atoms with van der Waals surface area (Å²) in [5.74, 6) is -0.315. The molecule has 0 radical (unpaired) electrons. The molecule has 0 amide bonds. The fraction of sp³-hybridized carbons (Fsp3) is 0.333. The summed E-state index contributed by atoms with van der Waals surface area (Å²) in [4.78, 5) is 17.8. The van der Waals surface area contributed by atoms with Crippen molar-refractivity contribution in [1.82, 2.24) is 9.88 Å². The number of carboxylic acid groups (broad SMARTS) is 1. The molecule has 1 N–H and O–H groups in total. The fourth-order valence-corrected chi connectivity index (χ4v) is 3.34. The Morgan fingerprint density at radius 3 is 2.91 bits per heavy atom. The maximum Gasteiger partial charge on any atom is 0.335 e. The van der Waals surface area contributed by atoms with E-state index in [1.54, 1.807) is 18.2 Å². The van der Waals surface area contributed by atoms with E-state index >= 15 is 0 Å². The molecule has 1 aliphatic heterocycles. The number of nitrogens with zero attached hydrogens (tertiary/aromatic N) is 2. The minimum absolute atomic E-state index is 0.362. The molecule has 5 heteroatoms. The van der Waals surface area contributed by atoms with Crippen molar-refractivity contribution in [3.8, 4) is 0 Å². The predicted octanol–water partition coefficient (Wildman–Crippen LogP) is 3.50. The van der Waals surface area contributed by atoms with Crippen molar-refractivity contribution in [3.05, 3.63) is 64.4 Å². The van der Waals surface area contributed by atoms with Gasteiger partial charge in [0, 0.05) is 13.1 Å². The van der Waals surface area contributed by atoms with E-state index in [9.17, 15) is 4.79 Å². The third-order valence-corrected chi connectivity index (χ3v) is 4.44. The average Bonchev–Trinajstić information content (AvgIpc) is 2.94. The zero-order valence-electron chi connectivity index (χ0n) is 12.8. The zero-order chi connectivity index (χ0) is 16.2. The lowest BCUT2D eigenvalue weighted by Crippen LogP contribution is -2.21. The molecule has 4 nitrogen and oxygen atoms in total. The Hall–Kier alpha value is -1.91. The largest absolute Gasteiger partial charge is 0.478 e. The first kappa shape index (κ1) is 16.0. The average molecular weight is 331 g/mol. The summed E-state index contributed by atoms with van der Waals surface area (Å²) in [5.41, 5.74) is 2.45. The summed E-state index contributed by atoms with van der Waals surface area (Å²) in [5, 5.41) is 9.60. The second-order valence-corrected chi connectivity index (χ2v) is 6.44. The lowest BCUT2D eigenvalue weighted by atomic mass is 9.97. The molecule has 0 aliphatic carbocycles. The van der Waals surface area contributed by atoms with Crippen LogP contribution in [0.3, 0.4) is 0 Å². The number of hydrogen-bond acceptors (Lipinski definition) is 3. The molecule has 3 rings (SSSR count). The van der Waals surface area contributed by atoms with Crippen molar-refractivity contribution < 1.29 is 9.90 Å². The molecule has 1 aliphatic rings. The zero-order valence-corrected chi connectivity index (χ0v) is 13.5. The van der Waals surface area contributed by atoms with Crippen LogP contribution in [0.5, 0.6) is 0 Å². The Morgan fingerprint density at radius 1 is 1.30 bits per heavy atom. The number of aromatic nitrogens is 1. The molecule has 0 bridgehead atoms. The van der Waals surface area contributed by atoms with Gasteiger partial charge in [0.2, 0.25) is 0 Å². The Balaban J connectivity index is 1.57. The molecule has 23 heavy (non-hydrogen) atoms. The van der Waals surface area contributed by atoms with Gasteiger partial charge in [-0.25, -0.2) is 9.78 Å². The van der Waals surface area contributed by atoms with Gasteiger partial charge in [-0.15, -0.1) is 0 Å². The molecule has 1 saturated heterocycles. The van der Waals surface area contributed by atoms with Gasteiger partial charge in [-0.3, -0.25) is 4.90 Å². The topological polar surface area (TPSA) is 53.4 Å². The van der Waals surface area contributed by atoms with Crippen LogP contribution in [-0.4, -0.2) is 34.0 Å². The first-order valence-corrected chi connectivity index (χ1v) is 8.14. The van der Waals surface area contributed by atoms with Crippen molar-refractivity contribution in [2.45, 2.75) is 19.4 Å². The monoisotopic (exact) mass is 330 g/mol. The summed E-state index contributed by atoms with van der Waals surface area (Å²) in [6.45, 7) is 2.86. The number of pyridine rings is 1. The first-order valence-electron chi connectivity index (χ1n) is 7.76. The number of hydrogen-bond donors (Lipinski definition) is 1. The van der Waals surface area contributed by atoms with Gasteiger partial charge in [-0.1, -0.05) is 29.8 Å². The standard InChI is InChI=1S/C18H19ClN2O2/c19-17-6-2-5-16(20-17)12-21-8-7-14(11-21)9-13-3-1-4-15(10-13)18(22)23/h1-6,10,14H,7-9,11-12H2,(H,22,23)/t14-/m0/s1. The van der Waals surface area contributed by atoms with Crippen molar-refractivity contribution in [1.29, 1.82) is 0 Å². The Bertz CT molecular complexity index is 705. The highest BCUT2D eigenvalue weighted by Gasteiger charge is 2.23. The van der Waals surface area contributed by atoms with E-state index in [2.05, 4.69) is 9.88 Å². The molecular weight excluding hydrogens is 312 g/mol. The molecule has 0 saturated carbocycles. The molecule has 2 aromatic rings. The highest BCUT2D eigenvalue weighted by molar-refractivity contribution is 6.29. The van der Waals surface area contributed by atoms with E-state index < -0.39 is 5.97 Å². The Morgan fingerprint density at radius 2 is 2.13 bits per heavy atom. The van der Waals surface area contributed by atoms with Crippen LogP contribution >= 0.6 is 11.6 Å². The van der Waals surface area contributed by atoms with Gasteiger partial charge in [-0.05, 0) is 55.1 Å². The number of carbonyl (C=O) groups is 1. The molecule has 1 aromatic heterocycles. The summed E-state index contributed by atoms with van der Waals surface area (Å²) < 4.78 is 0. The van der Waals surface area contributed by atoms with Crippen LogP contribution in [0.15, 0.2) is 42.5 Å². The van der Waals surface area contributed by atoms with E-state index in [-0.39, 0.29) is 0 Å². The lowest BCUT2D eigenvalue weighted by molar-refractivity contribution is 0.0696. The fourth-order valence-electron chi connectivity index (χ4n) is 3.16. The van der Waals surface area contributed by atoms with Gasteiger partial charge < -0.3 is 5.11 Å². The van der Waals surface area contributed by atoms with Crippen molar-refractivity contribution >= 4 is 17.6 Å². The van der Waals surface area contributed by atoms with Crippen LogP contribution in [0.4, 0.5) is 0 Å². The van der Waals surface area contributed by atoms with Crippen LogP contribution in [0, 0.1) is 5.92 Å². The van der Waals surface area contributed by atoms with Gasteiger partial charge >= 0.3 is 5.97 Å². The highest BCUT2D eigenvalue weighted by atomic mass is 35.5. The normalized spacial score (nSPS) is 18.2. The number of rotatable bonds is 5. The summed E-state index contributed by atoms with van der Waals surface area (Å²) in [6.07, 6.45) is 2.04. The van der Waals surface area contributed by atoms with Crippen LogP contribution in [-0.2, 0) is 13.0 Å². The lowest BCUT2D eigenvalue weighted by Gasteiger charge is -2.15. The number of benzene rings is 1. The van der Waals surface area contributed by atoms with Crippen LogP contribution in [0.1, 0.15) is 28.0 Å². The molecule has 120 valence electrons. The SMILES string of the molecule is O=C(O)c1cccc(C[C@@H]2CCN(Cc3cccc(Cl)n3)C2)c1. The maximum absolute atomic E-state index is 11.0. The van der Waals surface area contributed by atoms with Crippen molar-refractivity contribution in [3.63, 3.8) is 0 Å². The smallest absolute Gasteiger partial charge is 0.335 e. The molecule has 2 heterocycles. The molecular formula is C18H19ClN2O2. The van der Waals surface area contributed by atoms with Crippen LogP contribution in [0.25, 0.3) is 0 Å². The number of likely N-dealkylation sites (tertiary alicyclic amines) is 1. The number of aromatic carboxylic acids is 1. The van der Waals surface area contributed by atoms with Crippen LogP contribution < -0.4 is 0 Å². The van der Waals surface area contributed by atoms with Crippen LogP contribution in [0.2, 0.25) is 5.15 Å². The van der Waals surface area contributed by atoms with Crippen molar-refractivity contribution in [2.24, 2.45) is 5.92 Å². The van der Waals surface area contributed by atoms with Gasteiger partial charge in [-0.2, -0.15) is 0 Å². The summed E-state index contributed by atoms with van der Waals surface area (Å²) in [6, 6.07) is 13.0. The minimum Gasteiger partial charge on any atom is -0.478 e. The minimum atomic E-state index is -0.869. The third-order valence-electron chi connectivity index (χ3n) is 4.23. The first-order chi connectivity index (χ1) is 11.1.